The highest BCUT2D eigenvalue weighted by Gasteiger charge is 2.08. The molecule has 0 radical (unpaired) electrons. The number of quaternary nitrogens is 2. The standard InChI is InChI=1S/2C5H4N2O4.C4H10N2.4H2O/c2*8-4(9)2-1-3(5(10)11)7-6-2;1-2-6-4-3-5-1;;;;/h2*1H,(H,6,7)(H,8,9)(H,10,11);5-6H,1-4H2;4*1H2. The van der Waals surface area contributed by atoms with Gasteiger partial charge in [0.2, 0.25) is 0 Å². The average Bonchev–Trinajstić information content (AvgIpc) is 3.34. The lowest BCUT2D eigenvalue weighted by atomic mass is 10.3. The van der Waals surface area contributed by atoms with Gasteiger partial charge in [0.15, 0.2) is 11.4 Å². The normalized spacial score (nSPS) is 11.0. The summed E-state index contributed by atoms with van der Waals surface area (Å²) in [6.07, 6.45) is 0. The first kappa shape index (κ1) is 35.5. The number of aromatic amines is 2. The Kier molecular flexibility index (Phi) is 19.8. The maximum absolute atomic E-state index is 10.1. The van der Waals surface area contributed by atoms with Crippen LogP contribution in [0.25, 0.3) is 0 Å². The molecule has 2 aromatic heterocycles. The molecule has 0 aromatic carbocycles. The van der Waals surface area contributed by atoms with Gasteiger partial charge in [-0.25, -0.2) is 9.59 Å². The van der Waals surface area contributed by atoms with Crippen LogP contribution in [0.2, 0.25) is 0 Å². The Balaban J connectivity index is -0.000000179. The number of carboxylic acids is 4. The monoisotopic (exact) mass is 470 g/mol. The van der Waals surface area contributed by atoms with Crippen LogP contribution < -0.4 is 20.8 Å². The first-order valence-electron chi connectivity index (χ1n) is 7.85. The van der Waals surface area contributed by atoms with Gasteiger partial charge in [-0.05, 0) is 12.1 Å². The maximum Gasteiger partial charge on any atom is 0.356 e. The molecule has 1 aliphatic heterocycles. The third-order valence-corrected chi connectivity index (χ3v) is 3.18. The number of hydrogen-bond donors (Lipinski definition) is 6. The summed E-state index contributed by atoms with van der Waals surface area (Å²) < 4.78 is 0. The fraction of sp³-hybridized carbons (Fsp3) is 0.286. The van der Waals surface area contributed by atoms with E-state index in [1.54, 1.807) is 0 Å². The number of nitrogens with one attached hydrogen (secondary N) is 2. The molecule has 18 heteroatoms. The molecule has 3 rings (SSSR count). The van der Waals surface area contributed by atoms with Crippen LogP contribution in [0.4, 0.5) is 0 Å². The summed E-state index contributed by atoms with van der Waals surface area (Å²) in [5.74, 6) is -5.53. The minimum absolute atomic E-state index is 0. The second-order valence-corrected chi connectivity index (χ2v) is 5.25. The van der Waals surface area contributed by atoms with Crippen LogP contribution in [0.15, 0.2) is 12.1 Å². The molecule has 0 bridgehead atoms. The number of nitrogens with two attached hydrogens (primary N) is 2. The third kappa shape index (κ3) is 12.6. The number of carboxylic acid groups (broad SMARTS) is 4. The summed E-state index contributed by atoms with van der Waals surface area (Å²) in [7, 11) is 0. The SMILES string of the molecule is C1C[NH2+]CC[NH2+]1.O.O.O.O.O=C(O)c1cc(C(=O)[O-])[nH]n1.O=C(O)c1cc(C(=O)[O-])[nH]n1. The lowest BCUT2D eigenvalue weighted by Gasteiger charge is -2.04. The van der Waals surface area contributed by atoms with E-state index in [2.05, 4.69) is 20.8 Å². The molecule has 32 heavy (non-hydrogen) atoms. The Bertz CT molecular complexity index is 701. The molecule has 1 saturated heterocycles. The molecule has 1 fully saturated rings. The zero-order valence-electron chi connectivity index (χ0n) is 16.4. The summed E-state index contributed by atoms with van der Waals surface area (Å²) in [4.78, 5) is 40.4. The first-order valence-corrected chi connectivity index (χ1v) is 7.85. The van der Waals surface area contributed by atoms with E-state index in [0.29, 0.717) is 0 Å². The lowest BCUT2D eigenvalue weighted by molar-refractivity contribution is -0.787. The molecule has 16 N–H and O–H groups in total. The van der Waals surface area contributed by atoms with Crippen molar-refractivity contribution in [1.82, 2.24) is 20.4 Å². The van der Waals surface area contributed by atoms with Crippen molar-refractivity contribution in [2.24, 2.45) is 0 Å². The fourth-order valence-corrected chi connectivity index (χ4v) is 1.83. The highest BCUT2D eigenvalue weighted by molar-refractivity contribution is 5.90. The predicted octanol–water partition coefficient (Wildman–Crippen LogP) is -9.23. The summed E-state index contributed by atoms with van der Waals surface area (Å²) >= 11 is 0. The summed E-state index contributed by atoms with van der Waals surface area (Å²) in [5.41, 5.74) is -1.38. The molecule has 0 spiro atoms. The zero-order valence-corrected chi connectivity index (χ0v) is 16.4. The molecule has 0 saturated carbocycles. The van der Waals surface area contributed by atoms with E-state index in [-0.39, 0.29) is 44.7 Å². The molecule has 1 aliphatic rings. The van der Waals surface area contributed by atoms with Crippen molar-refractivity contribution < 1.29 is 72.1 Å². The largest absolute Gasteiger partial charge is 0.543 e. The molecule has 0 amide bonds. The summed E-state index contributed by atoms with van der Waals surface area (Å²) in [6, 6.07) is 1.77. The number of carbonyl (C=O) groups is 4. The van der Waals surface area contributed by atoms with Gasteiger partial charge >= 0.3 is 11.9 Å². The highest BCUT2D eigenvalue weighted by Crippen LogP contribution is 1.97. The Labute approximate surface area is 178 Å². The van der Waals surface area contributed by atoms with E-state index in [4.69, 9.17) is 10.2 Å². The van der Waals surface area contributed by atoms with Crippen molar-refractivity contribution in [3.05, 3.63) is 34.9 Å². The Morgan fingerprint density at radius 1 is 0.719 bits per heavy atom. The Hall–Kier alpha value is -3.94. The summed E-state index contributed by atoms with van der Waals surface area (Å²) in [5, 5.41) is 51.8. The predicted molar refractivity (Wildman–Crippen MR) is 97.5 cm³/mol. The Morgan fingerprint density at radius 3 is 1.12 bits per heavy atom. The topological polar surface area (TPSA) is 371 Å². The lowest BCUT2D eigenvalue weighted by Crippen LogP contribution is -3.04. The van der Waals surface area contributed by atoms with E-state index in [9.17, 15) is 29.4 Å². The molecule has 3 heterocycles. The molecular weight excluding hydrogens is 444 g/mol. The quantitative estimate of drug-likeness (QED) is 0.245. The van der Waals surface area contributed by atoms with Gasteiger partial charge in [-0.3, -0.25) is 10.2 Å². The van der Waals surface area contributed by atoms with Crippen LogP contribution in [0.3, 0.4) is 0 Å². The van der Waals surface area contributed by atoms with Crippen LogP contribution in [-0.2, 0) is 0 Å². The van der Waals surface area contributed by atoms with Crippen LogP contribution in [0, 0.1) is 0 Å². The fourth-order valence-electron chi connectivity index (χ4n) is 1.83. The Morgan fingerprint density at radius 2 is 1.00 bits per heavy atom. The number of hydrogen-bond acceptors (Lipinski definition) is 8. The first-order chi connectivity index (χ1) is 13.2. The van der Waals surface area contributed by atoms with Crippen LogP contribution >= 0.6 is 0 Å². The van der Waals surface area contributed by atoms with E-state index in [0.717, 1.165) is 12.1 Å². The van der Waals surface area contributed by atoms with Gasteiger partial charge in [0.1, 0.15) is 26.2 Å². The number of rotatable bonds is 4. The molecule has 18 nitrogen and oxygen atoms in total. The number of aromatic carboxylic acids is 4. The van der Waals surface area contributed by atoms with Crippen LogP contribution in [-0.4, -0.2) is 103 Å². The number of aromatic nitrogens is 4. The van der Waals surface area contributed by atoms with E-state index < -0.39 is 23.9 Å². The molecule has 0 atom stereocenters. The number of carbonyl (C=O) groups excluding carboxylic acids is 2. The summed E-state index contributed by atoms with van der Waals surface area (Å²) in [6.45, 7) is 5.28. The van der Waals surface area contributed by atoms with E-state index in [1.165, 1.54) is 26.2 Å². The zero-order chi connectivity index (χ0) is 21.1. The average molecular weight is 470 g/mol. The second kappa shape index (κ2) is 17.9. The van der Waals surface area contributed by atoms with Crippen molar-refractivity contribution in [3.63, 3.8) is 0 Å². The van der Waals surface area contributed by atoms with Gasteiger partial charge in [-0.1, -0.05) is 0 Å². The molecule has 0 unspecified atom stereocenters. The van der Waals surface area contributed by atoms with E-state index >= 15 is 0 Å². The molecule has 184 valence electrons. The molecule has 2 aromatic rings. The van der Waals surface area contributed by atoms with Gasteiger partial charge < -0.3 is 62.6 Å². The van der Waals surface area contributed by atoms with Crippen LogP contribution in [0.5, 0.6) is 0 Å². The van der Waals surface area contributed by atoms with Crippen molar-refractivity contribution in [3.8, 4) is 0 Å². The smallest absolute Gasteiger partial charge is 0.356 e. The third-order valence-electron chi connectivity index (χ3n) is 3.18. The number of piperazine rings is 1. The van der Waals surface area contributed by atoms with Gasteiger partial charge in [0, 0.05) is 0 Å². The van der Waals surface area contributed by atoms with Crippen molar-refractivity contribution in [2.75, 3.05) is 26.2 Å². The number of H-pyrrole nitrogens is 2. The van der Waals surface area contributed by atoms with Gasteiger partial charge in [0.05, 0.1) is 23.3 Å². The second-order valence-electron chi connectivity index (χ2n) is 5.25. The van der Waals surface area contributed by atoms with Crippen molar-refractivity contribution >= 4 is 23.9 Å². The number of nitrogens with zero attached hydrogens (tertiary/aromatic N) is 2. The highest BCUT2D eigenvalue weighted by atomic mass is 16.4. The van der Waals surface area contributed by atoms with Crippen LogP contribution in [0.1, 0.15) is 42.0 Å². The van der Waals surface area contributed by atoms with Crippen molar-refractivity contribution in [1.29, 1.82) is 0 Å². The minimum Gasteiger partial charge on any atom is -0.543 e. The van der Waals surface area contributed by atoms with Gasteiger partial charge in [-0.15, -0.1) is 0 Å². The van der Waals surface area contributed by atoms with Gasteiger partial charge in [-0.2, -0.15) is 10.2 Å². The van der Waals surface area contributed by atoms with E-state index in [1.807, 2.05) is 10.2 Å². The maximum atomic E-state index is 10.1. The van der Waals surface area contributed by atoms with Gasteiger partial charge in [0.25, 0.3) is 0 Å². The molecule has 0 aliphatic carbocycles. The molecular formula is C14H26N6O12. The van der Waals surface area contributed by atoms with Crippen molar-refractivity contribution in [2.45, 2.75) is 0 Å². The minimum atomic E-state index is -1.48.